The average molecular weight is 316 g/mol. The maximum Gasteiger partial charge on any atom is 0.221 e. The first kappa shape index (κ1) is 16.5. The van der Waals surface area contributed by atoms with E-state index in [-0.39, 0.29) is 11.9 Å². The van der Waals surface area contributed by atoms with Crippen molar-refractivity contribution < 1.29 is 9.53 Å². The van der Waals surface area contributed by atoms with Crippen LogP contribution in [0.5, 0.6) is 0 Å². The van der Waals surface area contributed by atoms with Crippen molar-refractivity contribution >= 4 is 5.91 Å². The molecule has 2 fully saturated rings. The number of rotatable bonds is 5. The molecule has 4 nitrogen and oxygen atoms in total. The molecule has 0 aromatic heterocycles. The third-order valence-corrected chi connectivity index (χ3v) is 5.03. The fourth-order valence-corrected chi connectivity index (χ4v) is 3.80. The molecule has 1 aliphatic carbocycles. The number of benzene rings is 1. The molecule has 1 aliphatic heterocycles. The van der Waals surface area contributed by atoms with Crippen molar-refractivity contribution in [3.05, 3.63) is 35.9 Å². The SMILES string of the molecule is O=C(CC1COCCN1)NC1CCCCC1Cc1ccccc1. The predicted molar refractivity (Wildman–Crippen MR) is 91.3 cm³/mol. The van der Waals surface area contributed by atoms with Crippen molar-refractivity contribution in [3.63, 3.8) is 0 Å². The lowest BCUT2D eigenvalue weighted by Crippen LogP contribution is -2.48. The summed E-state index contributed by atoms with van der Waals surface area (Å²) < 4.78 is 5.43. The van der Waals surface area contributed by atoms with Gasteiger partial charge in [0.2, 0.25) is 5.91 Å². The highest BCUT2D eigenvalue weighted by Crippen LogP contribution is 2.27. The number of nitrogens with one attached hydrogen (secondary N) is 2. The third-order valence-electron chi connectivity index (χ3n) is 5.03. The maximum absolute atomic E-state index is 12.4. The molecule has 1 amide bonds. The maximum atomic E-state index is 12.4. The Hall–Kier alpha value is -1.39. The number of carbonyl (C=O) groups is 1. The molecule has 3 atom stereocenters. The number of hydrogen-bond acceptors (Lipinski definition) is 3. The van der Waals surface area contributed by atoms with Gasteiger partial charge in [-0.25, -0.2) is 0 Å². The van der Waals surface area contributed by atoms with Crippen molar-refractivity contribution in [1.82, 2.24) is 10.6 Å². The lowest BCUT2D eigenvalue weighted by Gasteiger charge is -2.33. The van der Waals surface area contributed by atoms with Crippen LogP contribution in [0.3, 0.4) is 0 Å². The van der Waals surface area contributed by atoms with Gasteiger partial charge in [0.05, 0.1) is 13.2 Å². The second-order valence-corrected chi connectivity index (χ2v) is 6.84. The number of hydrogen-bond donors (Lipinski definition) is 2. The Kier molecular flexibility index (Phi) is 6.06. The second kappa shape index (κ2) is 8.46. The molecule has 1 saturated carbocycles. The van der Waals surface area contributed by atoms with Crippen molar-refractivity contribution in [3.8, 4) is 0 Å². The number of amides is 1. The monoisotopic (exact) mass is 316 g/mol. The Balaban J connectivity index is 1.52. The zero-order valence-corrected chi connectivity index (χ0v) is 13.8. The second-order valence-electron chi connectivity index (χ2n) is 6.84. The van der Waals surface area contributed by atoms with Crippen LogP contribution in [0, 0.1) is 5.92 Å². The molecule has 0 bridgehead atoms. The summed E-state index contributed by atoms with van der Waals surface area (Å²) >= 11 is 0. The summed E-state index contributed by atoms with van der Waals surface area (Å²) in [5.74, 6) is 0.726. The van der Waals surface area contributed by atoms with E-state index in [1.165, 1.54) is 24.8 Å². The molecule has 126 valence electrons. The lowest BCUT2D eigenvalue weighted by molar-refractivity contribution is -0.123. The van der Waals surface area contributed by atoms with Crippen molar-refractivity contribution in [1.29, 1.82) is 0 Å². The minimum atomic E-state index is 0.165. The quantitative estimate of drug-likeness (QED) is 0.876. The Bertz CT molecular complexity index is 485. The molecular weight excluding hydrogens is 288 g/mol. The van der Waals surface area contributed by atoms with Crippen LogP contribution in [-0.4, -0.2) is 37.7 Å². The molecular formula is C19H28N2O2. The molecule has 23 heavy (non-hydrogen) atoms. The summed E-state index contributed by atoms with van der Waals surface area (Å²) in [7, 11) is 0. The Labute approximate surface area is 139 Å². The van der Waals surface area contributed by atoms with Gasteiger partial charge in [-0.15, -0.1) is 0 Å². The van der Waals surface area contributed by atoms with Gasteiger partial charge in [0.1, 0.15) is 0 Å². The summed E-state index contributed by atoms with van der Waals surface area (Å²) in [6.45, 7) is 2.24. The minimum Gasteiger partial charge on any atom is -0.378 e. The average Bonchev–Trinajstić information content (AvgIpc) is 2.58. The summed E-state index contributed by atoms with van der Waals surface area (Å²) in [6.07, 6.45) is 6.41. The number of ether oxygens (including phenoxy) is 1. The van der Waals surface area contributed by atoms with Gasteiger partial charge in [-0.3, -0.25) is 4.79 Å². The molecule has 0 spiro atoms. The van der Waals surface area contributed by atoms with Gasteiger partial charge in [0.15, 0.2) is 0 Å². The van der Waals surface area contributed by atoms with E-state index >= 15 is 0 Å². The lowest BCUT2D eigenvalue weighted by atomic mass is 9.80. The normalized spacial score (nSPS) is 28.3. The molecule has 0 radical (unpaired) electrons. The van der Waals surface area contributed by atoms with Crippen molar-refractivity contribution in [2.45, 2.75) is 50.6 Å². The van der Waals surface area contributed by atoms with Crippen LogP contribution in [0.25, 0.3) is 0 Å². The van der Waals surface area contributed by atoms with Crippen molar-refractivity contribution in [2.24, 2.45) is 5.92 Å². The summed E-state index contributed by atoms with van der Waals surface area (Å²) in [6, 6.07) is 11.1. The fourth-order valence-electron chi connectivity index (χ4n) is 3.80. The number of morpholine rings is 1. The van der Waals surface area contributed by atoms with Gasteiger partial charge in [0.25, 0.3) is 0 Å². The molecule has 2 N–H and O–H groups in total. The van der Waals surface area contributed by atoms with Crippen LogP contribution in [0.15, 0.2) is 30.3 Å². The first-order chi connectivity index (χ1) is 11.3. The number of carbonyl (C=O) groups excluding carboxylic acids is 1. The van der Waals surface area contributed by atoms with E-state index in [4.69, 9.17) is 4.74 Å². The molecule has 4 heteroatoms. The fraction of sp³-hybridized carbons (Fsp3) is 0.632. The highest BCUT2D eigenvalue weighted by molar-refractivity contribution is 5.77. The van der Waals surface area contributed by atoms with Crippen LogP contribution in [0.1, 0.15) is 37.7 Å². The van der Waals surface area contributed by atoms with Gasteiger partial charge in [-0.05, 0) is 30.7 Å². The zero-order valence-electron chi connectivity index (χ0n) is 13.8. The van der Waals surface area contributed by atoms with Crippen LogP contribution in [-0.2, 0) is 16.0 Å². The minimum absolute atomic E-state index is 0.165. The molecule has 2 aliphatic rings. The molecule has 1 aromatic rings. The van der Waals surface area contributed by atoms with Crippen LogP contribution >= 0.6 is 0 Å². The molecule has 3 unspecified atom stereocenters. The van der Waals surface area contributed by atoms with Crippen molar-refractivity contribution in [2.75, 3.05) is 19.8 Å². The summed E-state index contributed by atoms with van der Waals surface area (Å²) in [5, 5.41) is 6.65. The smallest absolute Gasteiger partial charge is 0.221 e. The van der Waals surface area contributed by atoms with E-state index in [2.05, 4.69) is 41.0 Å². The summed E-state index contributed by atoms with van der Waals surface area (Å²) in [4.78, 5) is 12.4. The zero-order chi connectivity index (χ0) is 15.9. The highest BCUT2D eigenvalue weighted by atomic mass is 16.5. The van der Waals surface area contributed by atoms with E-state index in [1.807, 2.05) is 0 Å². The largest absolute Gasteiger partial charge is 0.378 e. The van der Waals surface area contributed by atoms with Crippen LogP contribution < -0.4 is 10.6 Å². The van der Waals surface area contributed by atoms with E-state index in [0.717, 1.165) is 26.0 Å². The highest BCUT2D eigenvalue weighted by Gasteiger charge is 2.27. The first-order valence-corrected chi connectivity index (χ1v) is 8.95. The van der Waals surface area contributed by atoms with Crippen LogP contribution in [0.2, 0.25) is 0 Å². The van der Waals surface area contributed by atoms with E-state index < -0.39 is 0 Å². The Morgan fingerprint density at radius 2 is 2.04 bits per heavy atom. The Morgan fingerprint density at radius 3 is 2.83 bits per heavy atom. The molecule has 1 heterocycles. The molecule has 3 rings (SSSR count). The van der Waals surface area contributed by atoms with Gasteiger partial charge >= 0.3 is 0 Å². The van der Waals surface area contributed by atoms with Gasteiger partial charge in [-0.2, -0.15) is 0 Å². The van der Waals surface area contributed by atoms with E-state index in [1.54, 1.807) is 0 Å². The van der Waals surface area contributed by atoms with Gasteiger partial charge < -0.3 is 15.4 Å². The Morgan fingerprint density at radius 1 is 1.22 bits per heavy atom. The van der Waals surface area contributed by atoms with Gasteiger partial charge in [0, 0.05) is 25.0 Å². The standard InChI is InChI=1S/C19H28N2O2/c22-19(13-17-14-23-11-10-20-17)21-18-9-5-4-8-16(18)12-15-6-2-1-3-7-15/h1-3,6-7,16-18,20H,4-5,8-14H2,(H,21,22). The van der Waals surface area contributed by atoms with Gasteiger partial charge in [-0.1, -0.05) is 43.2 Å². The van der Waals surface area contributed by atoms with Crippen LogP contribution in [0.4, 0.5) is 0 Å². The molecule has 1 aromatic carbocycles. The topological polar surface area (TPSA) is 50.4 Å². The predicted octanol–water partition coefficient (Wildman–Crippen LogP) is 2.28. The summed E-state index contributed by atoms with van der Waals surface area (Å²) in [5.41, 5.74) is 1.38. The molecule has 1 saturated heterocycles. The first-order valence-electron chi connectivity index (χ1n) is 8.95. The van der Waals surface area contributed by atoms with E-state index in [0.29, 0.717) is 25.0 Å². The third kappa shape index (κ3) is 5.05. The van der Waals surface area contributed by atoms with E-state index in [9.17, 15) is 4.79 Å².